The predicted octanol–water partition coefficient (Wildman–Crippen LogP) is 0.457. The summed E-state index contributed by atoms with van der Waals surface area (Å²) < 4.78 is 29.4. The Hall–Kier alpha value is -0.920. The molecule has 0 aromatic carbocycles. The number of hydrogen-bond acceptors (Lipinski definition) is 4. The highest BCUT2D eigenvalue weighted by molar-refractivity contribution is 7.89. The normalized spacial score (nSPS) is 21.3. The van der Waals surface area contributed by atoms with Gasteiger partial charge in [-0.2, -0.15) is 5.10 Å². The Balaban J connectivity index is 2.22. The maximum absolute atomic E-state index is 12.5. The molecule has 0 aliphatic carbocycles. The van der Waals surface area contributed by atoms with Crippen LogP contribution in [0, 0.1) is 13.8 Å². The lowest BCUT2D eigenvalue weighted by molar-refractivity contribution is 0.520. The molecule has 19 heavy (non-hydrogen) atoms. The standard InChI is InChI=1S/C12H22N4O2S/c1-9-12(10(2)16(3)14-9)19(17,18)15-11-6-4-5-7-13-8-11/h11,13,15H,4-8H2,1-3H3. The molecule has 2 rings (SSSR count). The van der Waals surface area contributed by atoms with Crippen molar-refractivity contribution in [3.05, 3.63) is 11.4 Å². The fourth-order valence-corrected chi connectivity index (χ4v) is 4.25. The molecule has 6 nitrogen and oxygen atoms in total. The van der Waals surface area contributed by atoms with E-state index in [1.54, 1.807) is 25.6 Å². The van der Waals surface area contributed by atoms with Crippen LogP contribution in [0.25, 0.3) is 0 Å². The second-order valence-corrected chi connectivity index (χ2v) is 6.79. The van der Waals surface area contributed by atoms with Crippen molar-refractivity contribution in [1.29, 1.82) is 0 Å². The molecule has 0 amide bonds. The SMILES string of the molecule is Cc1nn(C)c(C)c1S(=O)(=O)NC1CCCCNC1. The highest BCUT2D eigenvalue weighted by atomic mass is 32.2. The van der Waals surface area contributed by atoms with Crippen molar-refractivity contribution in [2.45, 2.75) is 44.0 Å². The Bertz CT molecular complexity index is 542. The summed E-state index contributed by atoms with van der Waals surface area (Å²) in [7, 11) is -1.73. The van der Waals surface area contributed by atoms with Crippen LogP contribution in [0.1, 0.15) is 30.7 Å². The average Bonchev–Trinajstić information content (AvgIpc) is 2.52. The zero-order chi connectivity index (χ0) is 14.0. The van der Waals surface area contributed by atoms with Gasteiger partial charge in [0.2, 0.25) is 10.0 Å². The van der Waals surface area contributed by atoms with E-state index in [0.717, 1.165) is 25.8 Å². The van der Waals surface area contributed by atoms with Gasteiger partial charge in [-0.25, -0.2) is 13.1 Å². The first-order valence-corrected chi connectivity index (χ1v) is 8.13. The number of aromatic nitrogens is 2. The van der Waals surface area contributed by atoms with Crippen LogP contribution in [0.4, 0.5) is 0 Å². The Morgan fingerprint density at radius 1 is 1.37 bits per heavy atom. The number of hydrogen-bond donors (Lipinski definition) is 2. The minimum atomic E-state index is -3.49. The van der Waals surface area contributed by atoms with Crippen LogP contribution in [0.3, 0.4) is 0 Å². The molecule has 1 unspecified atom stereocenters. The summed E-state index contributed by atoms with van der Waals surface area (Å²) in [4.78, 5) is 0.319. The first-order chi connectivity index (χ1) is 8.92. The quantitative estimate of drug-likeness (QED) is 0.846. The summed E-state index contributed by atoms with van der Waals surface area (Å²) in [5, 5.41) is 7.43. The van der Waals surface area contributed by atoms with Crippen LogP contribution in [-0.4, -0.2) is 37.3 Å². The highest BCUT2D eigenvalue weighted by Crippen LogP contribution is 2.19. The maximum atomic E-state index is 12.5. The summed E-state index contributed by atoms with van der Waals surface area (Å²) in [6.45, 7) is 5.16. The van der Waals surface area contributed by atoms with E-state index in [9.17, 15) is 8.42 Å². The molecule has 1 aliphatic heterocycles. The van der Waals surface area contributed by atoms with Gasteiger partial charge < -0.3 is 5.32 Å². The van der Waals surface area contributed by atoms with Crippen LogP contribution in [0.2, 0.25) is 0 Å². The molecule has 108 valence electrons. The molecule has 0 bridgehead atoms. The van der Waals surface area contributed by atoms with E-state index in [0.29, 0.717) is 22.8 Å². The lowest BCUT2D eigenvalue weighted by atomic mass is 10.2. The molecule has 1 aromatic heterocycles. The smallest absolute Gasteiger partial charge is 0.244 e. The fraction of sp³-hybridized carbons (Fsp3) is 0.750. The second kappa shape index (κ2) is 5.60. The van der Waals surface area contributed by atoms with Gasteiger partial charge in [0.15, 0.2) is 0 Å². The van der Waals surface area contributed by atoms with Gasteiger partial charge in [0.05, 0.1) is 11.4 Å². The van der Waals surface area contributed by atoms with E-state index in [-0.39, 0.29) is 6.04 Å². The fourth-order valence-electron chi connectivity index (χ4n) is 2.54. The first-order valence-electron chi connectivity index (χ1n) is 6.65. The van der Waals surface area contributed by atoms with E-state index in [4.69, 9.17) is 0 Å². The molecule has 2 heterocycles. The summed E-state index contributed by atoms with van der Waals surface area (Å²) in [6.07, 6.45) is 3.03. The van der Waals surface area contributed by atoms with Crippen LogP contribution < -0.4 is 10.0 Å². The molecule has 1 saturated heterocycles. The van der Waals surface area contributed by atoms with E-state index >= 15 is 0 Å². The Morgan fingerprint density at radius 2 is 2.11 bits per heavy atom. The zero-order valence-corrected chi connectivity index (χ0v) is 12.5. The molecule has 0 saturated carbocycles. The van der Waals surface area contributed by atoms with Crippen molar-refractivity contribution < 1.29 is 8.42 Å². The largest absolute Gasteiger partial charge is 0.315 e. The van der Waals surface area contributed by atoms with Gasteiger partial charge in [-0.15, -0.1) is 0 Å². The van der Waals surface area contributed by atoms with Crippen molar-refractivity contribution in [1.82, 2.24) is 19.8 Å². The summed E-state index contributed by atoms with van der Waals surface area (Å²) >= 11 is 0. The van der Waals surface area contributed by atoms with Gasteiger partial charge in [-0.1, -0.05) is 6.42 Å². The molecule has 1 atom stereocenters. The molecular weight excluding hydrogens is 264 g/mol. The third-order valence-corrected chi connectivity index (χ3v) is 5.35. The minimum Gasteiger partial charge on any atom is -0.315 e. The summed E-state index contributed by atoms with van der Waals surface area (Å²) in [5.41, 5.74) is 1.22. The molecule has 7 heteroatoms. The highest BCUT2D eigenvalue weighted by Gasteiger charge is 2.26. The number of nitrogens with one attached hydrogen (secondary N) is 2. The van der Waals surface area contributed by atoms with Crippen LogP contribution >= 0.6 is 0 Å². The lowest BCUT2D eigenvalue weighted by Gasteiger charge is -2.16. The Kier molecular flexibility index (Phi) is 4.27. The Labute approximate surface area is 114 Å². The lowest BCUT2D eigenvalue weighted by Crippen LogP contribution is -2.41. The Morgan fingerprint density at radius 3 is 2.74 bits per heavy atom. The molecule has 0 spiro atoms. The van der Waals surface area contributed by atoms with Crippen molar-refractivity contribution in [2.75, 3.05) is 13.1 Å². The topological polar surface area (TPSA) is 76.0 Å². The minimum absolute atomic E-state index is 0.0356. The van der Waals surface area contributed by atoms with Gasteiger partial charge in [0.1, 0.15) is 4.90 Å². The van der Waals surface area contributed by atoms with E-state index in [2.05, 4.69) is 15.1 Å². The van der Waals surface area contributed by atoms with Gasteiger partial charge in [-0.3, -0.25) is 4.68 Å². The number of sulfonamides is 1. The molecule has 1 aromatic rings. The number of aryl methyl sites for hydroxylation is 2. The van der Waals surface area contributed by atoms with Crippen LogP contribution in [0.15, 0.2) is 4.90 Å². The predicted molar refractivity (Wildman–Crippen MR) is 73.5 cm³/mol. The third-order valence-electron chi connectivity index (χ3n) is 3.58. The molecular formula is C12H22N4O2S. The number of rotatable bonds is 3. The zero-order valence-electron chi connectivity index (χ0n) is 11.7. The molecule has 1 fully saturated rings. The van der Waals surface area contributed by atoms with Gasteiger partial charge in [0.25, 0.3) is 0 Å². The van der Waals surface area contributed by atoms with Crippen molar-refractivity contribution in [3.8, 4) is 0 Å². The van der Waals surface area contributed by atoms with Gasteiger partial charge in [-0.05, 0) is 33.2 Å². The summed E-state index contributed by atoms with van der Waals surface area (Å²) in [5.74, 6) is 0. The van der Waals surface area contributed by atoms with Crippen molar-refractivity contribution >= 4 is 10.0 Å². The van der Waals surface area contributed by atoms with Gasteiger partial charge >= 0.3 is 0 Å². The monoisotopic (exact) mass is 286 g/mol. The van der Waals surface area contributed by atoms with Crippen molar-refractivity contribution in [3.63, 3.8) is 0 Å². The van der Waals surface area contributed by atoms with E-state index in [1.807, 2.05) is 0 Å². The maximum Gasteiger partial charge on any atom is 0.244 e. The van der Waals surface area contributed by atoms with E-state index in [1.165, 1.54) is 0 Å². The third kappa shape index (κ3) is 3.16. The van der Waals surface area contributed by atoms with E-state index < -0.39 is 10.0 Å². The first kappa shape index (κ1) is 14.5. The average molecular weight is 286 g/mol. The van der Waals surface area contributed by atoms with Crippen LogP contribution in [0.5, 0.6) is 0 Å². The second-order valence-electron chi connectivity index (χ2n) is 5.14. The van der Waals surface area contributed by atoms with Gasteiger partial charge in [0, 0.05) is 19.6 Å². The van der Waals surface area contributed by atoms with Crippen molar-refractivity contribution in [2.24, 2.45) is 7.05 Å². The molecule has 1 aliphatic rings. The van der Waals surface area contributed by atoms with Crippen LogP contribution in [-0.2, 0) is 17.1 Å². The molecule has 2 N–H and O–H groups in total. The molecule has 0 radical (unpaired) electrons. The summed E-state index contributed by atoms with van der Waals surface area (Å²) in [6, 6.07) is -0.0356. The number of nitrogens with zero attached hydrogens (tertiary/aromatic N) is 2.